The van der Waals surface area contributed by atoms with Crippen molar-refractivity contribution in [3.05, 3.63) is 65.5 Å². The van der Waals surface area contributed by atoms with Gasteiger partial charge in [0.15, 0.2) is 0 Å². The number of hydrogen-bond donors (Lipinski definition) is 2. The quantitative estimate of drug-likeness (QED) is 0.395. The third kappa shape index (κ3) is 5.75. The molecule has 158 valence electrons. The average Bonchev–Trinajstić information content (AvgIpc) is 2.76. The summed E-state index contributed by atoms with van der Waals surface area (Å²) in [7, 11) is 5.38. The summed E-state index contributed by atoms with van der Waals surface area (Å²) in [6.45, 7) is 3.15. The molecule has 7 nitrogen and oxygen atoms in total. The van der Waals surface area contributed by atoms with Gasteiger partial charge in [0.05, 0.1) is 24.7 Å². The number of hydrogen-bond acceptors (Lipinski definition) is 7. The number of anilines is 1. The maximum Gasteiger partial charge on any atom is 0.337 e. The van der Waals surface area contributed by atoms with Crippen LogP contribution in [0.4, 0.5) is 5.82 Å². The van der Waals surface area contributed by atoms with E-state index in [0.29, 0.717) is 12.1 Å². The third-order valence-electron chi connectivity index (χ3n) is 4.78. The number of nitrogens with zero attached hydrogens (tertiary/aromatic N) is 3. The smallest absolute Gasteiger partial charge is 0.337 e. The number of rotatable bonds is 10. The van der Waals surface area contributed by atoms with Crippen molar-refractivity contribution in [3.63, 3.8) is 0 Å². The molecule has 0 bridgehead atoms. The summed E-state index contributed by atoms with van der Waals surface area (Å²) in [4.78, 5) is 23.3. The molecule has 0 unspecified atom stereocenters. The molecule has 3 rings (SSSR count). The summed E-state index contributed by atoms with van der Waals surface area (Å²) in [5, 5.41) is 7.65. The second kappa shape index (κ2) is 10.7. The normalized spacial score (nSPS) is 11.1. The molecule has 0 radical (unpaired) electrons. The molecule has 2 aromatic carbocycles. The molecular formula is C23H29N5O2. The predicted octanol–water partition coefficient (Wildman–Crippen LogP) is 3.07. The highest BCUT2D eigenvalue weighted by Crippen LogP contribution is 2.21. The van der Waals surface area contributed by atoms with Crippen molar-refractivity contribution >= 4 is 22.7 Å². The fraction of sp³-hybridized carbons (Fsp3) is 0.348. The highest BCUT2D eigenvalue weighted by Gasteiger charge is 2.11. The molecule has 30 heavy (non-hydrogen) atoms. The molecule has 7 heteroatoms. The minimum absolute atomic E-state index is 0.325. The Morgan fingerprint density at radius 3 is 2.53 bits per heavy atom. The predicted molar refractivity (Wildman–Crippen MR) is 120 cm³/mol. The number of carbonyl (C=O) groups excluding carboxylic acids is 1. The van der Waals surface area contributed by atoms with Crippen LogP contribution in [0.5, 0.6) is 0 Å². The summed E-state index contributed by atoms with van der Waals surface area (Å²) in [6.07, 6.45) is 1.02. The molecule has 0 atom stereocenters. The number of fused-ring (bicyclic) bond motifs is 1. The highest BCUT2D eigenvalue weighted by molar-refractivity contribution is 5.89. The van der Waals surface area contributed by atoms with Crippen molar-refractivity contribution in [2.45, 2.75) is 19.5 Å². The Morgan fingerprint density at radius 1 is 1.03 bits per heavy atom. The highest BCUT2D eigenvalue weighted by atomic mass is 16.5. The lowest BCUT2D eigenvalue weighted by molar-refractivity contribution is 0.0600. The molecule has 0 saturated heterocycles. The Hall–Kier alpha value is -3.03. The van der Waals surface area contributed by atoms with Crippen LogP contribution in [0.25, 0.3) is 10.9 Å². The number of carbonyl (C=O) groups is 1. The summed E-state index contributed by atoms with van der Waals surface area (Å²) in [5.41, 5.74) is 2.60. The number of methoxy groups -OCH3 is 1. The fourth-order valence-electron chi connectivity index (χ4n) is 3.28. The van der Waals surface area contributed by atoms with E-state index in [4.69, 9.17) is 14.7 Å². The molecule has 3 aromatic rings. The Balaban J connectivity index is 1.70. The van der Waals surface area contributed by atoms with Gasteiger partial charge in [-0.15, -0.1) is 0 Å². The first-order valence-electron chi connectivity index (χ1n) is 10.1. The lowest BCUT2D eigenvalue weighted by Gasteiger charge is -2.17. The van der Waals surface area contributed by atoms with Gasteiger partial charge in [-0.05, 0) is 56.9 Å². The van der Waals surface area contributed by atoms with Crippen LogP contribution in [0.3, 0.4) is 0 Å². The van der Waals surface area contributed by atoms with Crippen LogP contribution < -0.4 is 10.6 Å². The first-order valence-corrected chi connectivity index (χ1v) is 10.1. The zero-order valence-corrected chi connectivity index (χ0v) is 17.8. The summed E-state index contributed by atoms with van der Waals surface area (Å²) in [6, 6.07) is 15.5. The van der Waals surface area contributed by atoms with E-state index in [1.54, 1.807) is 12.1 Å². The second-order valence-corrected chi connectivity index (χ2v) is 7.25. The number of para-hydroxylation sites is 1. The van der Waals surface area contributed by atoms with Gasteiger partial charge < -0.3 is 15.4 Å². The Bertz CT molecular complexity index is 975. The van der Waals surface area contributed by atoms with E-state index in [1.807, 2.05) is 50.5 Å². The van der Waals surface area contributed by atoms with Crippen molar-refractivity contribution < 1.29 is 9.53 Å². The van der Waals surface area contributed by atoms with Crippen LogP contribution in [0, 0.1) is 0 Å². The zero-order chi connectivity index (χ0) is 21.3. The number of benzene rings is 2. The Kier molecular flexibility index (Phi) is 7.70. The molecular weight excluding hydrogens is 378 g/mol. The lowest BCUT2D eigenvalue weighted by Crippen LogP contribution is -2.20. The molecule has 1 aromatic heterocycles. The van der Waals surface area contributed by atoms with Crippen LogP contribution in [0.1, 0.15) is 28.2 Å². The molecule has 0 aliphatic carbocycles. The van der Waals surface area contributed by atoms with Crippen LogP contribution in [0.15, 0.2) is 48.5 Å². The summed E-state index contributed by atoms with van der Waals surface area (Å²) in [5.74, 6) is 1.33. The lowest BCUT2D eigenvalue weighted by atomic mass is 10.1. The van der Waals surface area contributed by atoms with Gasteiger partial charge in [0.25, 0.3) is 0 Å². The second-order valence-electron chi connectivity index (χ2n) is 7.25. The molecule has 0 amide bonds. The molecule has 0 spiro atoms. The van der Waals surface area contributed by atoms with Gasteiger partial charge in [0.1, 0.15) is 11.6 Å². The van der Waals surface area contributed by atoms with Crippen molar-refractivity contribution in [1.82, 2.24) is 20.2 Å². The van der Waals surface area contributed by atoms with Gasteiger partial charge in [0, 0.05) is 18.5 Å². The van der Waals surface area contributed by atoms with Crippen molar-refractivity contribution in [3.8, 4) is 0 Å². The number of ether oxygens (including phenoxy) is 1. The number of nitrogens with one attached hydrogen (secondary N) is 2. The van der Waals surface area contributed by atoms with Gasteiger partial charge in [-0.3, -0.25) is 4.90 Å². The van der Waals surface area contributed by atoms with Crippen molar-refractivity contribution in [2.75, 3.05) is 39.6 Å². The molecule has 2 N–H and O–H groups in total. The minimum atomic E-state index is -0.325. The van der Waals surface area contributed by atoms with E-state index in [2.05, 4.69) is 15.5 Å². The molecule has 0 saturated carbocycles. The van der Waals surface area contributed by atoms with E-state index < -0.39 is 0 Å². The van der Waals surface area contributed by atoms with E-state index >= 15 is 0 Å². The largest absolute Gasteiger partial charge is 0.465 e. The first kappa shape index (κ1) is 21.7. The first-order chi connectivity index (χ1) is 14.6. The fourth-order valence-corrected chi connectivity index (χ4v) is 3.28. The summed E-state index contributed by atoms with van der Waals surface area (Å²) < 4.78 is 4.75. The molecule has 0 fully saturated rings. The van der Waals surface area contributed by atoms with Crippen LogP contribution in [-0.2, 0) is 17.8 Å². The monoisotopic (exact) mass is 407 g/mol. The van der Waals surface area contributed by atoms with Gasteiger partial charge in [-0.1, -0.05) is 24.3 Å². The third-order valence-corrected chi connectivity index (χ3v) is 4.78. The minimum Gasteiger partial charge on any atom is -0.465 e. The van der Waals surface area contributed by atoms with Crippen LogP contribution in [-0.4, -0.2) is 55.1 Å². The number of aromatic nitrogens is 2. The van der Waals surface area contributed by atoms with Gasteiger partial charge in [-0.25, -0.2) is 14.8 Å². The van der Waals surface area contributed by atoms with Crippen LogP contribution >= 0.6 is 0 Å². The number of esters is 1. The topological polar surface area (TPSA) is 79.4 Å². The van der Waals surface area contributed by atoms with E-state index in [1.165, 1.54) is 7.11 Å². The molecule has 0 aliphatic heterocycles. The summed E-state index contributed by atoms with van der Waals surface area (Å²) >= 11 is 0. The standard InChI is InChI=1S/C23H29N5O2/c1-24-13-6-14-25-22-19-7-4-5-8-20(19)26-21(27-22)16-28(2)15-17-9-11-18(12-10-17)23(29)30-3/h4-5,7-12,24H,6,13-16H2,1-3H3,(H,25,26,27). The van der Waals surface area contributed by atoms with Crippen molar-refractivity contribution in [2.24, 2.45) is 0 Å². The van der Waals surface area contributed by atoms with E-state index in [0.717, 1.165) is 54.2 Å². The SMILES string of the molecule is CNCCCNc1nc(CN(C)Cc2ccc(C(=O)OC)cc2)nc2ccccc12. The Labute approximate surface area is 177 Å². The molecule has 1 heterocycles. The van der Waals surface area contributed by atoms with E-state index in [9.17, 15) is 4.79 Å². The average molecular weight is 408 g/mol. The Morgan fingerprint density at radius 2 is 1.80 bits per heavy atom. The van der Waals surface area contributed by atoms with Gasteiger partial charge >= 0.3 is 5.97 Å². The van der Waals surface area contributed by atoms with Gasteiger partial charge in [0.2, 0.25) is 0 Å². The maximum atomic E-state index is 11.6. The molecule has 0 aliphatic rings. The van der Waals surface area contributed by atoms with Crippen LogP contribution in [0.2, 0.25) is 0 Å². The van der Waals surface area contributed by atoms with Crippen molar-refractivity contribution in [1.29, 1.82) is 0 Å². The zero-order valence-electron chi connectivity index (χ0n) is 17.8. The van der Waals surface area contributed by atoms with E-state index in [-0.39, 0.29) is 5.97 Å². The maximum absolute atomic E-state index is 11.6. The van der Waals surface area contributed by atoms with Gasteiger partial charge in [-0.2, -0.15) is 0 Å².